The van der Waals surface area contributed by atoms with Gasteiger partial charge < -0.3 is 9.64 Å². The maximum atomic E-state index is 12.8. The van der Waals surface area contributed by atoms with Crippen molar-refractivity contribution in [2.24, 2.45) is 0 Å². The number of para-hydroxylation sites is 1. The molecule has 25 heavy (non-hydrogen) atoms. The molecule has 130 valence electrons. The van der Waals surface area contributed by atoms with Crippen molar-refractivity contribution < 1.29 is 14.3 Å². The van der Waals surface area contributed by atoms with E-state index in [0.717, 1.165) is 36.9 Å². The molecule has 1 aliphatic carbocycles. The Morgan fingerprint density at radius 3 is 2.84 bits per heavy atom. The Morgan fingerprint density at radius 1 is 1.16 bits per heavy atom. The van der Waals surface area contributed by atoms with Crippen molar-refractivity contribution in [3.05, 3.63) is 51.2 Å². The number of rotatable bonds is 3. The molecular formula is C20H21NO3S. The normalized spacial score (nSPS) is 16.9. The second-order valence-corrected chi connectivity index (χ2v) is 7.64. The van der Waals surface area contributed by atoms with Crippen LogP contribution in [0.5, 0.6) is 0 Å². The molecule has 2 aliphatic rings. The standard InChI is InChI=1S/C20H21NO3S/c1-13(19(22)21-11-10-14-6-2-4-8-17(14)21)24-20(23)16-12-25-18-9-5-3-7-15(16)18/h2,4,6,8,12-13H,3,5,7,9-11H2,1H3/t13-/m1/s1. The zero-order valence-corrected chi connectivity index (χ0v) is 15.1. The molecule has 4 nitrogen and oxygen atoms in total. The molecule has 0 N–H and O–H groups in total. The first-order valence-electron chi connectivity index (χ1n) is 8.84. The Labute approximate surface area is 151 Å². The van der Waals surface area contributed by atoms with E-state index < -0.39 is 6.10 Å². The summed E-state index contributed by atoms with van der Waals surface area (Å²) in [6, 6.07) is 7.90. The topological polar surface area (TPSA) is 46.6 Å². The average molecular weight is 355 g/mol. The second-order valence-electron chi connectivity index (χ2n) is 6.67. The van der Waals surface area contributed by atoms with Crippen molar-refractivity contribution in [1.29, 1.82) is 0 Å². The van der Waals surface area contributed by atoms with Gasteiger partial charge in [-0.05, 0) is 56.2 Å². The van der Waals surface area contributed by atoms with Crippen LogP contribution in [0, 0.1) is 0 Å². The van der Waals surface area contributed by atoms with E-state index in [1.54, 1.807) is 23.2 Å². The zero-order valence-electron chi connectivity index (χ0n) is 14.3. The van der Waals surface area contributed by atoms with Crippen LogP contribution in [0.3, 0.4) is 0 Å². The number of ether oxygens (including phenoxy) is 1. The third-order valence-electron chi connectivity index (χ3n) is 5.07. The van der Waals surface area contributed by atoms with Gasteiger partial charge in [-0.25, -0.2) is 4.79 Å². The molecule has 4 rings (SSSR count). The number of fused-ring (bicyclic) bond motifs is 2. The number of carbonyl (C=O) groups excluding carboxylic acids is 2. The molecule has 1 aliphatic heterocycles. The van der Waals surface area contributed by atoms with E-state index in [1.807, 2.05) is 29.6 Å². The Kier molecular flexibility index (Phi) is 4.34. The lowest BCUT2D eigenvalue weighted by molar-refractivity contribution is -0.126. The van der Waals surface area contributed by atoms with Gasteiger partial charge in [0.25, 0.3) is 5.91 Å². The summed E-state index contributed by atoms with van der Waals surface area (Å²) in [6.07, 6.45) is 4.35. The van der Waals surface area contributed by atoms with Gasteiger partial charge in [-0.3, -0.25) is 4.79 Å². The van der Waals surface area contributed by atoms with Crippen LogP contribution in [0.1, 0.15) is 46.1 Å². The van der Waals surface area contributed by atoms with Crippen molar-refractivity contribution in [3.63, 3.8) is 0 Å². The molecule has 1 atom stereocenters. The van der Waals surface area contributed by atoms with E-state index in [-0.39, 0.29) is 11.9 Å². The Morgan fingerprint density at radius 2 is 1.96 bits per heavy atom. The predicted molar refractivity (Wildman–Crippen MR) is 98.3 cm³/mol. The van der Waals surface area contributed by atoms with Crippen LogP contribution in [0.15, 0.2) is 29.6 Å². The number of thiophene rings is 1. The lowest BCUT2D eigenvalue weighted by Crippen LogP contribution is -2.39. The second kappa shape index (κ2) is 6.64. The number of benzene rings is 1. The summed E-state index contributed by atoms with van der Waals surface area (Å²) < 4.78 is 5.53. The number of esters is 1. The molecule has 1 amide bonds. The van der Waals surface area contributed by atoms with E-state index in [2.05, 4.69) is 0 Å². The molecule has 5 heteroatoms. The van der Waals surface area contributed by atoms with Crippen molar-refractivity contribution in [2.45, 2.75) is 45.1 Å². The van der Waals surface area contributed by atoms with Crippen LogP contribution in [0.2, 0.25) is 0 Å². The molecule has 0 unspecified atom stereocenters. The fraction of sp³-hybridized carbons (Fsp3) is 0.400. The summed E-state index contributed by atoms with van der Waals surface area (Å²) in [5, 5.41) is 1.89. The van der Waals surface area contributed by atoms with Crippen LogP contribution in [-0.2, 0) is 28.8 Å². The Bertz CT molecular complexity index is 826. The molecule has 1 aromatic heterocycles. The molecule has 0 saturated carbocycles. The van der Waals surface area contributed by atoms with Crippen molar-refractivity contribution in [3.8, 4) is 0 Å². The first-order chi connectivity index (χ1) is 12.1. The van der Waals surface area contributed by atoms with E-state index in [4.69, 9.17) is 4.74 Å². The van der Waals surface area contributed by atoms with Crippen LogP contribution < -0.4 is 4.90 Å². The highest BCUT2D eigenvalue weighted by Gasteiger charge is 2.31. The Hall–Kier alpha value is -2.14. The van der Waals surface area contributed by atoms with Crippen molar-refractivity contribution >= 4 is 28.9 Å². The minimum atomic E-state index is -0.780. The maximum Gasteiger partial charge on any atom is 0.340 e. The number of carbonyl (C=O) groups is 2. The summed E-state index contributed by atoms with van der Waals surface area (Å²) in [5.74, 6) is -0.518. The summed E-state index contributed by atoms with van der Waals surface area (Å²) in [7, 11) is 0. The van der Waals surface area contributed by atoms with Gasteiger partial charge in [-0.1, -0.05) is 18.2 Å². The van der Waals surface area contributed by atoms with E-state index >= 15 is 0 Å². The molecule has 0 spiro atoms. The van der Waals surface area contributed by atoms with E-state index in [1.165, 1.54) is 16.9 Å². The predicted octanol–water partition coefficient (Wildman–Crippen LogP) is 3.76. The van der Waals surface area contributed by atoms with E-state index in [0.29, 0.717) is 12.1 Å². The van der Waals surface area contributed by atoms with Gasteiger partial charge in [-0.15, -0.1) is 11.3 Å². The molecule has 0 radical (unpaired) electrons. The number of amides is 1. The van der Waals surface area contributed by atoms with Crippen LogP contribution in [-0.4, -0.2) is 24.5 Å². The minimum absolute atomic E-state index is 0.151. The molecule has 1 aromatic carbocycles. The summed E-state index contributed by atoms with van der Waals surface area (Å²) in [5.41, 5.74) is 3.89. The smallest absolute Gasteiger partial charge is 0.340 e. The SMILES string of the molecule is C[C@@H](OC(=O)c1csc2c1CCCC2)C(=O)N1CCc2ccccc21. The van der Waals surface area contributed by atoms with Crippen LogP contribution in [0.25, 0.3) is 0 Å². The summed E-state index contributed by atoms with van der Waals surface area (Å²) >= 11 is 1.64. The third-order valence-corrected chi connectivity index (χ3v) is 6.15. The molecule has 2 aromatic rings. The highest BCUT2D eigenvalue weighted by atomic mass is 32.1. The average Bonchev–Trinajstić information content (AvgIpc) is 3.25. The van der Waals surface area contributed by atoms with Gasteiger partial charge in [0.15, 0.2) is 6.10 Å². The van der Waals surface area contributed by atoms with Gasteiger partial charge in [0, 0.05) is 22.5 Å². The highest BCUT2D eigenvalue weighted by molar-refractivity contribution is 7.10. The third kappa shape index (κ3) is 2.97. The van der Waals surface area contributed by atoms with Gasteiger partial charge in [0.05, 0.1) is 5.56 Å². The quantitative estimate of drug-likeness (QED) is 0.788. The number of hydrogen-bond donors (Lipinski definition) is 0. The van der Waals surface area contributed by atoms with Crippen LogP contribution >= 0.6 is 11.3 Å². The van der Waals surface area contributed by atoms with Gasteiger partial charge in [0.2, 0.25) is 0 Å². The van der Waals surface area contributed by atoms with Crippen molar-refractivity contribution in [1.82, 2.24) is 0 Å². The minimum Gasteiger partial charge on any atom is -0.449 e. The van der Waals surface area contributed by atoms with Crippen molar-refractivity contribution in [2.75, 3.05) is 11.4 Å². The number of hydrogen-bond acceptors (Lipinski definition) is 4. The van der Waals surface area contributed by atoms with Gasteiger partial charge >= 0.3 is 5.97 Å². The zero-order chi connectivity index (χ0) is 17.4. The van der Waals surface area contributed by atoms with E-state index in [9.17, 15) is 9.59 Å². The fourth-order valence-corrected chi connectivity index (χ4v) is 4.84. The molecule has 2 heterocycles. The maximum absolute atomic E-state index is 12.8. The van der Waals surface area contributed by atoms with Gasteiger partial charge in [-0.2, -0.15) is 0 Å². The monoisotopic (exact) mass is 355 g/mol. The van der Waals surface area contributed by atoms with Crippen LogP contribution in [0.4, 0.5) is 5.69 Å². The summed E-state index contributed by atoms with van der Waals surface area (Å²) in [4.78, 5) is 28.3. The molecule has 0 bridgehead atoms. The first kappa shape index (κ1) is 16.3. The fourth-order valence-electron chi connectivity index (χ4n) is 3.73. The molecular weight excluding hydrogens is 334 g/mol. The molecule has 0 saturated heterocycles. The highest BCUT2D eigenvalue weighted by Crippen LogP contribution is 2.31. The summed E-state index contributed by atoms with van der Waals surface area (Å²) in [6.45, 7) is 2.31. The number of nitrogens with zero attached hydrogens (tertiary/aromatic N) is 1. The number of anilines is 1. The first-order valence-corrected chi connectivity index (χ1v) is 9.72. The lowest BCUT2D eigenvalue weighted by atomic mass is 9.96. The molecule has 0 fully saturated rings. The van der Waals surface area contributed by atoms with Gasteiger partial charge in [0.1, 0.15) is 0 Å². The lowest BCUT2D eigenvalue weighted by Gasteiger charge is -2.22. The largest absolute Gasteiger partial charge is 0.449 e. The number of aryl methyl sites for hydroxylation is 1. The Balaban J connectivity index is 1.47.